The number of benzene rings is 1. The molecule has 20 heavy (non-hydrogen) atoms. The van der Waals surface area contributed by atoms with Crippen molar-refractivity contribution >= 4 is 40.4 Å². The van der Waals surface area contributed by atoms with Gasteiger partial charge in [-0.05, 0) is 30.2 Å². The van der Waals surface area contributed by atoms with Crippen LogP contribution in [0, 0.1) is 11.8 Å². The van der Waals surface area contributed by atoms with Crippen molar-refractivity contribution < 1.29 is 9.59 Å². The molecule has 0 aromatic heterocycles. The zero-order valence-corrected chi connectivity index (χ0v) is 12.6. The molecule has 0 saturated heterocycles. The molecule has 1 aromatic rings. The van der Waals surface area contributed by atoms with Gasteiger partial charge in [0.1, 0.15) is 0 Å². The van der Waals surface area contributed by atoms with Crippen LogP contribution in [0.25, 0.3) is 0 Å². The fourth-order valence-electron chi connectivity index (χ4n) is 1.82. The van der Waals surface area contributed by atoms with E-state index in [1.807, 2.05) is 13.8 Å². The molecule has 1 aromatic carbocycles. The number of carbonyl (C=O) groups excluding carboxylic acids is 2. The second-order valence-corrected chi connectivity index (χ2v) is 5.34. The lowest BCUT2D eigenvalue weighted by atomic mass is 9.95. The van der Waals surface area contributed by atoms with Crippen LogP contribution in [0.5, 0.6) is 0 Å². The van der Waals surface area contributed by atoms with Gasteiger partial charge in [0.15, 0.2) is 0 Å². The molecule has 4 N–H and O–H groups in total. The van der Waals surface area contributed by atoms with Crippen LogP contribution in [-0.4, -0.2) is 16.8 Å². The van der Waals surface area contributed by atoms with Gasteiger partial charge in [-0.15, -0.1) is 0 Å². The fraction of sp³-hybridized carbons (Fsp3) is 0.357. The summed E-state index contributed by atoms with van der Waals surface area (Å²) in [4.78, 5) is 23.2. The molecule has 0 fully saturated rings. The Morgan fingerprint density at radius 2 is 1.55 bits per heavy atom. The van der Waals surface area contributed by atoms with Gasteiger partial charge in [0.05, 0.1) is 10.9 Å². The first-order chi connectivity index (χ1) is 9.31. The van der Waals surface area contributed by atoms with E-state index in [0.717, 1.165) is 0 Å². The van der Waals surface area contributed by atoms with Crippen LogP contribution in [0.1, 0.15) is 20.8 Å². The molecule has 0 aliphatic carbocycles. The monoisotopic (exact) mass is 293 g/mol. The molecule has 108 valence electrons. The summed E-state index contributed by atoms with van der Waals surface area (Å²) in [5.74, 6) is -0.832. The van der Waals surface area contributed by atoms with Crippen molar-refractivity contribution in [1.29, 1.82) is 0 Å². The van der Waals surface area contributed by atoms with Gasteiger partial charge >= 0.3 is 0 Å². The van der Waals surface area contributed by atoms with Crippen LogP contribution in [-0.2, 0) is 9.59 Å². The van der Waals surface area contributed by atoms with Crippen molar-refractivity contribution in [3.05, 3.63) is 24.3 Å². The van der Waals surface area contributed by atoms with E-state index in [1.165, 1.54) is 6.92 Å². The minimum atomic E-state index is -0.500. The number of nitrogens with two attached hydrogens (primary N) is 1. The van der Waals surface area contributed by atoms with Crippen LogP contribution in [0.2, 0.25) is 0 Å². The van der Waals surface area contributed by atoms with Crippen molar-refractivity contribution in [3.63, 3.8) is 0 Å². The second-order valence-electron chi connectivity index (χ2n) is 4.87. The maximum absolute atomic E-state index is 12.1. The lowest BCUT2D eigenvalue weighted by Gasteiger charge is -2.18. The van der Waals surface area contributed by atoms with E-state index in [-0.39, 0.29) is 22.7 Å². The van der Waals surface area contributed by atoms with Crippen LogP contribution in [0.3, 0.4) is 0 Å². The Labute approximate surface area is 123 Å². The third kappa shape index (κ3) is 4.62. The zero-order valence-electron chi connectivity index (χ0n) is 11.8. The number of nitrogens with one attached hydrogen (secondary N) is 2. The van der Waals surface area contributed by atoms with Crippen molar-refractivity contribution in [3.8, 4) is 0 Å². The Bertz CT molecular complexity index is 512. The number of anilines is 2. The summed E-state index contributed by atoms with van der Waals surface area (Å²) in [5.41, 5.74) is 6.90. The van der Waals surface area contributed by atoms with Gasteiger partial charge in [-0.3, -0.25) is 9.59 Å². The molecule has 1 rings (SSSR count). The van der Waals surface area contributed by atoms with Crippen LogP contribution >= 0.6 is 12.2 Å². The summed E-state index contributed by atoms with van der Waals surface area (Å²) in [6.45, 7) is 5.22. The first-order valence-corrected chi connectivity index (χ1v) is 6.70. The third-order valence-electron chi connectivity index (χ3n) is 2.73. The molecule has 6 heteroatoms. The summed E-state index contributed by atoms with van der Waals surface area (Å²) in [6.07, 6.45) is 0. The molecule has 2 amide bonds. The molecular weight excluding hydrogens is 274 g/mol. The Balaban J connectivity index is 2.75. The standard InChI is InChI=1S/C14H19N3O2S/c1-8(2)12(13(15)20)14(19)17-11-6-4-10(5-7-11)16-9(3)18/h4-8,12H,1-3H3,(H2,15,20)(H,16,18)(H,17,19). The predicted octanol–water partition coefficient (Wildman–Crippen LogP) is 2.14. The Hall–Kier alpha value is -1.95. The van der Waals surface area contributed by atoms with Gasteiger partial charge in [0.2, 0.25) is 11.8 Å². The minimum absolute atomic E-state index is 0.0335. The third-order valence-corrected chi connectivity index (χ3v) is 2.98. The molecular formula is C14H19N3O2S. The molecule has 0 spiro atoms. The van der Waals surface area contributed by atoms with E-state index in [9.17, 15) is 9.59 Å². The average molecular weight is 293 g/mol. The first kappa shape index (κ1) is 16.1. The molecule has 1 atom stereocenters. The molecule has 0 aliphatic heterocycles. The SMILES string of the molecule is CC(=O)Nc1ccc(NC(=O)C(C(N)=S)C(C)C)cc1. The van der Waals surface area contributed by atoms with Crippen molar-refractivity contribution in [1.82, 2.24) is 0 Å². The number of amides is 2. The van der Waals surface area contributed by atoms with Gasteiger partial charge in [-0.2, -0.15) is 0 Å². The van der Waals surface area contributed by atoms with Crippen molar-refractivity contribution in [2.75, 3.05) is 10.6 Å². The summed E-state index contributed by atoms with van der Waals surface area (Å²) in [5, 5.41) is 5.42. The lowest BCUT2D eigenvalue weighted by Crippen LogP contribution is -2.36. The van der Waals surface area contributed by atoms with Crippen LogP contribution in [0.15, 0.2) is 24.3 Å². The first-order valence-electron chi connectivity index (χ1n) is 6.29. The van der Waals surface area contributed by atoms with Crippen molar-refractivity contribution in [2.45, 2.75) is 20.8 Å². The quantitative estimate of drug-likeness (QED) is 0.726. The maximum atomic E-state index is 12.1. The van der Waals surface area contributed by atoms with E-state index in [4.69, 9.17) is 18.0 Å². The molecule has 0 radical (unpaired) electrons. The van der Waals surface area contributed by atoms with Gasteiger partial charge in [-0.25, -0.2) is 0 Å². The Kier molecular flexibility index (Phi) is 5.64. The van der Waals surface area contributed by atoms with Crippen LogP contribution < -0.4 is 16.4 Å². The highest BCUT2D eigenvalue weighted by molar-refractivity contribution is 7.80. The second kappa shape index (κ2) is 7.00. The predicted molar refractivity (Wildman–Crippen MR) is 84.5 cm³/mol. The highest BCUT2D eigenvalue weighted by atomic mass is 32.1. The highest BCUT2D eigenvalue weighted by Crippen LogP contribution is 2.17. The largest absolute Gasteiger partial charge is 0.393 e. The minimum Gasteiger partial charge on any atom is -0.393 e. The van der Waals surface area contributed by atoms with Crippen LogP contribution in [0.4, 0.5) is 11.4 Å². The van der Waals surface area contributed by atoms with Crippen molar-refractivity contribution in [2.24, 2.45) is 17.6 Å². The van der Waals surface area contributed by atoms with Gasteiger partial charge in [-0.1, -0.05) is 26.1 Å². The molecule has 0 heterocycles. The van der Waals surface area contributed by atoms with E-state index in [0.29, 0.717) is 11.4 Å². The van der Waals surface area contributed by atoms with E-state index in [1.54, 1.807) is 24.3 Å². The topological polar surface area (TPSA) is 84.2 Å². The molecule has 0 saturated carbocycles. The number of thiocarbonyl (C=S) groups is 1. The average Bonchev–Trinajstić information content (AvgIpc) is 2.29. The molecule has 0 aliphatic rings. The van der Waals surface area contributed by atoms with E-state index in [2.05, 4.69) is 10.6 Å². The smallest absolute Gasteiger partial charge is 0.234 e. The molecule has 5 nitrogen and oxygen atoms in total. The highest BCUT2D eigenvalue weighted by Gasteiger charge is 2.24. The normalized spacial score (nSPS) is 11.8. The number of hydrogen-bond donors (Lipinski definition) is 3. The maximum Gasteiger partial charge on any atom is 0.234 e. The summed E-state index contributed by atoms with van der Waals surface area (Å²) >= 11 is 4.92. The zero-order chi connectivity index (χ0) is 15.3. The van der Waals surface area contributed by atoms with E-state index >= 15 is 0 Å². The van der Waals surface area contributed by atoms with Gasteiger partial charge in [0, 0.05) is 18.3 Å². The summed E-state index contributed by atoms with van der Waals surface area (Å²) in [6, 6.07) is 6.84. The molecule has 1 unspecified atom stereocenters. The van der Waals surface area contributed by atoms with Gasteiger partial charge < -0.3 is 16.4 Å². The number of carbonyl (C=O) groups is 2. The molecule has 0 bridgehead atoms. The lowest BCUT2D eigenvalue weighted by molar-refractivity contribution is -0.119. The summed E-state index contributed by atoms with van der Waals surface area (Å²) < 4.78 is 0. The Morgan fingerprint density at radius 1 is 1.10 bits per heavy atom. The van der Waals surface area contributed by atoms with E-state index < -0.39 is 5.92 Å². The number of hydrogen-bond acceptors (Lipinski definition) is 3. The Morgan fingerprint density at radius 3 is 1.90 bits per heavy atom. The summed E-state index contributed by atoms with van der Waals surface area (Å²) in [7, 11) is 0. The number of rotatable bonds is 5. The van der Waals surface area contributed by atoms with Gasteiger partial charge in [0.25, 0.3) is 0 Å². The fourth-order valence-corrected chi connectivity index (χ4v) is 2.20.